The molecule has 1 unspecified atom stereocenters. The molecule has 0 aliphatic carbocycles. The summed E-state index contributed by atoms with van der Waals surface area (Å²) in [5.41, 5.74) is 3.20. The lowest BCUT2D eigenvalue weighted by atomic mass is 10.3. The Labute approximate surface area is 110 Å². The minimum Gasteiger partial charge on any atom is -0.318 e. The number of thiazole rings is 1. The third kappa shape index (κ3) is 2.80. The molecule has 0 radical (unpaired) electrons. The van der Waals surface area contributed by atoms with Crippen molar-refractivity contribution in [3.63, 3.8) is 0 Å². The van der Waals surface area contributed by atoms with E-state index in [1.54, 1.807) is 31.6 Å². The Morgan fingerprint density at radius 3 is 2.94 bits per heavy atom. The lowest BCUT2D eigenvalue weighted by molar-refractivity contribution is 0.584. The number of anilines is 1. The molecule has 1 heterocycles. The van der Waals surface area contributed by atoms with Crippen molar-refractivity contribution in [3.8, 4) is 0 Å². The van der Waals surface area contributed by atoms with Gasteiger partial charge in [0.2, 0.25) is 10.0 Å². The maximum Gasteiger partial charge on any atom is 0.236 e. The molecule has 2 rings (SSSR count). The van der Waals surface area contributed by atoms with Gasteiger partial charge in [0.25, 0.3) is 0 Å². The lowest BCUT2D eigenvalue weighted by Crippen LogP contribution is -2.33. The molecule has 0 spiro atoms. The Bertz CT molecular complexity index is 637. The highest BCUT2D eigenvalue weighted by Crippen LogP contribution is 2.22. The summed E-state index contributed by atoms with van der Waals surface area (Å²) in [6.45, 7) is 2.09. The van der Waals surface area contributed by atoms with Crippen LogP contribution in [0.1, 0.15) is 6.92 Å². The number of nitrogens with one attached hydrogen (secondary N) is 2. The monoisotopic (exact) mass is 285 g/mol. The van der Waals surface area contributed by atoms with Crippen molar-refractivity contribution in [1.29, 1.82) is 0 Å². The molecule has 0 aliphatic rings. The van der Waals surface area contributed by atoms with Crippen LogP contribution >= 0.6 is 11.3 Å². The average molecular weight is 285 g/mol. The van der Waals surface area contributed by atoms with E-state index < -0.39 is 15.3 Å². The van der Waals surface area contributed by atoms with Crippen molar-refractivity contribution in [2.45, 2.75) is 12.2 Å². The second kappa shape index (κ2) is 5.21. The molecule has 1 aromatic heterocycles. The zero-order chi connectivity index (χ0) is 13.2. The number of sulfonamides is 1. The number of aromatic nitrogens is 1. The first-order valence-electron chi connectivity index (χ1n) is 5.52. The maximum absolute atomic E-state index is 12.0. The van der Waals surface area contributed by atoms with Gasteiger partial charge in [-0.15, -0.1) is 11.3 Å². The fourth-order valence-corrected chi connectivity index (χ4v) is 3.34. The third-order valence-corrected chi connectivity index (χ3v) is 5.15. The van der Waals surface area contributed by atoms with Crippen LogP contribution in [0.2, 0.25) is 0 Å². The molecule has 2 N–H and O–H groups in total. The molecule has 98 valence electrons. The van der Waals surface area contributed by atoms with Crippen LogP contribution in [0.4, 0.5) is 5.69 Å². The highest BCUT2D eigenvalue weighted by Gasteiger charge is 2.19. The number of nitrogens with zero attached hydrogens (tertiary/aromatic N) is 1. The first kappa shape index (κ1) is 13.3. The summed E-state index contributed by atoms with van der Waals surface area (Å²) in [7, 11) is -1.62. The number of rotatable bonds is 5. The van der Waals surface area contributed by atoms with Crippen LogP contribution in [0.25, 0.3) is 10.2 Å². The maximum atomic E-state index is 12.0. The van der Waals surface area contributed by atoms with Crippen LogP contribution in [-0.2, 0) is 10.0 Å². The Hall–Kier alpha value is -1.18. The van der Waals surface area contributed by atoms with Crippen molar-refractivity contribution in [2.24, 2.45) is 0 Å². The Morgan fingerprint density at radius 2 is 2.22 bits per heavy atom. The lowest BCUT2D eigenvalue weighted by Gasteiger charge is -2.14. The van der Waals surface area contributed by atoms with E-state index in [4.69, 9.17) is 0 Å². The molecule has 0 amide bonds. The predicted octanol–water partition coefficient (Wildman–Crippen LogP) is 1.65. The highest BCUT2D eigenvalue weighted by atomic mass is 32.2. The molecule has 7 heteroatoms. The first-order chi connectivity index (χ1) is 8.53. The summed E-state index contributed by atoms with van der Waals surface area (Å²) in [5.74, 6) is 0. The van der Waals surface area contributed by atoms with Gasteiger partial charge in [0.1, 0.15) is 0 Å². The molecule has 0 saturated carbocycles. The average Bonchev–Trinajstić information content (AvgIpc) is 2.76. The largest absolute Gasteiger partial charge is 0.318 e. The Morgan fingerprint density at radius 1 is 1.44 bits per heavy atom. The topological polar surface area (TPSA) is 71.1 Å². The van der Waals surface area contributed by atoms with Crippen LogP contribution in [-0.4, -0.2) is 32.2 Å². The number of fused-ring (bicyclic) bond motifs is 1. The molecular weight excluding hydrogens is 270 g/mol. The molecule has 0 bridgehead atoms. The molecule has 1 aromatic carbocycles. The number of hydrogen-bond donors (Lipinski definition) is 2. The van der Waals surface area contributed by atoms with E-state index in [9.17, 15) is 8.42 Å². The number of benzene rings is 1. The van der Waals surface area contributed by atoms with E-state index in [1.807, 2.05) is 6.07 Å². The van der Waals surface area contributed by atoms with E-state index in [0.29, 0.717) is 12.2 Å². The number of hydrogen-bond acceptors (Lipinski definition) is 5. The summed E-state index contributed by atoms with van der Waals surface area (Å²) >= 11 is 1.49. The van der Waals surface area contributed by atoms with Crippen molar-refractivity contribution >= 4 is 37.3 Å². The molecule has 1 atom stereocenters. The van der Waals surface area contributed by atoms with Gasteiger partial charge < -0.3 is 5.32 Å². The zero-order valence-electron chi connectivity index (χ0n) is 10.2. The van der Waals surface area contributed by atoms with Gasteiger partial charge in [-0.1, -0.05) is 0 Å². The van der Waals surface area contributed by atoms with Crippen LogP contribution < -0.4 is 10.0 Å². The van der Waals surface area contributed by atoms with E-state index in [2.05, 4.69) is 15.0 Å². The van der Waals surface area contributed by atoms with Crippen LogP contribution in [0.3, 0.4) is 0 Å². The van der Waals surface area contributed by atoms with Gasteiger partial charge in [-0.05, 0) is 32.2 Å². The fraction of sp³-hybridized carbons (Fsp3) is 0.364. The SMILES string of the molecule is CNCC(C)S(=O)(=O)Nc1ccc2ncsc2c1. The van der Waals surface area contributed by atoms with Gasteiger partial charge in [-0.2, -0.15) is 0 Å². The molecule has 18 heavy (non-hydrogen) atoms. The minimum absolute atomic E-state index is 0.415. The van der Waals surface area contributed by atoms with Crippen molar-refractivity contribution < 1.29 is 8.42 Å². The van der Waals surface area contributed by atoms with Gasteiger partial charge in [0.15, 0.2) is 0 Å². The predicted molar refractivity (Wildman–Crippen MR) is 75.6 cm³/mol. The van der Waals surface area contributed by atoms with Gasteiger partial charge in [0, 0.05) is 6.54 Å². The summed E-state index contributed by atoms with van der Waals surface area (Å²) in [4.78, 5) is 4.15. The van der Waals surface area contributed by atoms with Gasteiger partial charge in [-0.25, -0.2) is 13.4 Å². The Balaban J connectivity index is 2.22. The smallest absolute Gasteiger partial charge is 0.236 e. The molecule has 0 aliphatic heterocycles. The van der Waals surface area contributed by atoms with Gasteiger partial charge in [-0.3, -0.25) is 4.72 Å². The standard InChI is InChI=1S/C11H15N3O2S2/c1-8(6-12-2)18(15,16)14-9-3-4-10-11(5-9)17-7-13-10/h3-5,7-8,12,14H,6H2,1-2H3. The second-order valence-corrected chi connectivity index (χ2v) is 7.04. The zero-order valence-corrected chi connectivity index (χ0v) is 11.8. The summed E-state index contributed by atoms with van der Waals surface area (Å²) < 4.78 is 27.6. The highest BCUT2D eigenvalue weighted by molar-refractivity contribution is 7.93. The summed E-state index contributed by atoms with van der Waals surface area (Å²) in [6, 6.07) is 5.34. The second-order valence-electron chi connectivity index (χ2n) is 4.05. The van der Waals surface area contributed by atoms with E-state index in [1.165, 1.54) is 11.3 Å². The van der Waals surface area contributed by atoms with Crippen LogP contribution in [0.15, 0.2) is 23.7 Å². The molecule has 0 fully saturated rings. The van der Waals surface area contributed by atoms with Gasteiger partial charge in [0.05, 0.1) is 26.7 Å². The quantitative estimate of drug-likeness (QED) is 0.876. The minimum atomic E-state index is -3.36. The van der Waals surface area contributed by atoms with E-state index in [0.717, 1.165) is 10.2 Å². The van der Waals surface area contributed by atoms with Crippen molar-refractivity contribution in [2.75, 3.05) is 18.3 Å². The normalized spacial score (nSPS) is 13.7. The third-order valence-electron chi connectivity index (χ3n) is 2.61. The summed E-state index contributed by atoms with van der Waals surface area (Å²) in [5, 5.41) is 2.37. The van der Waals surface area contributed by atoms with Crippen molar-refractivity contribution in [1.82, 2.24) is 10.3 Å². The van der Waals surface area contributed by atoms with E-state index >= 15 is 0 Å². The molecule has 2 aromatic rings. The van der Waals surface area contributed by atoms with Crippen LogP contribution in [0.5, 0.6) is 0 Å². The van der Waals surface area contributed by atoms with E-state index in [-0.39, 0.29) is 0 Å². The molecular formula is C11H15N3O2S2. The van der Waals surface area contributed by atoms with Crippen molar-refractivity contribution in [3.05, 3.63) is 23.7 Å². The van der Waals surface area contributed by atoms with Crippen LogP contribution in [0, 0.1) is 0 Å². The Kier molecular flexibility index (Phi) is 3.84. The molecule has 0 saturated heterocycles. The molecule has 5 nitrogen and oxygen atoms in total. The first-order valence-corrected chi connectivity index (χ1v) is 7.95. The fourth-order valence-electron chi connectivity index (χ4n) is 1.58. The summed E-state index contributed by atoms with van der Waals surface area (Å²) in [6.07, 6.45) is 0. The van der Waals surface area contributed by atoms with Gasteiger partial charge >= 0.3 is 0 Å².